The van der Waals surface area contributed by atoms with Gasteiger partial charge in [-0.05, 0) is 43.0 Å². The molecular weight excluding hydrogens is 292 g/mol. The molecule has 94 valence electrons. The summed E-state index contributed by atoms with van der Waals surface area (Å²) in [6.07, 6.45) is 2.81. The van der Waals surface area contributed by atoms with Gasteiger partial charge in [0.2, 0.25) is 0 Å². The van der Waals surface area contributed by atoms with Gasteiger partial charge < -0.3 is 4.90 Å². The van der Waals surface area contributed by atoms with Gasteiger partial charge in [-0.2, -0.15) is 5.26 Å². The van der Waals surface area contributed by atoms with Crippen molar-refractivity contribution in [2.45, 2.75) is 19.3 Å². The summed E-state index contributed by atoms with van der Waals surface area (Å²) in [7, 11) is 0. The summed E-state index contributed by atoms with van der Waals surface area (Å²) in [6, 6.07) is 9.48. The summed E-state index contributed by atoms with van der Waals surface area (Å²) in [5, 5.41) is 8.66. The van der Waals surface area contributed by atoms with Gasteiger partial charge in [-0.15, -0.1) is 0 Å². The van der Waals surface area contributed by atoms with Crippen LogP contribution in [0, 0.1) is 17.2 Å². The molecule has 0 atom stereocenters. The molecule has 0 unspecified atom stereocenters. The van der Waals surface area contributed by atoms with Gasteiger partial charge in [0.15, 0.2) is 0 Å². The van der Waals surface area contributed by atoms with E-state index in [2.05, 4.69) is 22.0 Å². The Hall–Kier alpha value is -1.34. The molecule has 1 amide bonds. The minimum Gasteiger partial charge on any atom is -0.337 e. The standard InChI is InChI=1S/C14H15BrN2O/c15-13-6-4-12(5-7-13)14(18)17(9-1-8-16)10-11-2-3-11/h4-7,11H,1-3,9-10H2. The van der Waals surface area contributed by atoms with Crippen molar-refractivity contribution in [3.8, 4) is 6.07 Å². The summed E-state index contributed by atoms with van der Waals surface area (Å²) in [5.41, 5.74) is 0.691. The Labute approximate surface area is 116 Å². The van der Waals surface area contributed by atoms with Crippen molar-refractivity contribution in [3.05, 3.63) is 34.3 Å². The molecule has 4 heteroatoms. The Morgan fingerprint density at radius 1 is 1.39 bits per heavy atom. The predicted octanol–water partition coefficient (Wildman–Crippen LogP) is 3.21. The van der Waals surface area contributed by atoms with Crippen LogP contribution in [0.3, 0.4) is 0 Å². The molecule has 0 aliphatic heterocycles. The first-order chi connectivity index (χ1) is 8.70. The number of rotatable bonds is 5. The normalized spacial score (nSPS) is 14.0. The van der Waals surface area contributed by atoms with Crippen LogP contribution in [0.1, 0.15) is 29.6 Å². The predicted molar refractivity (Wildman–Crippen MR) is 73.0 cm³/mol. The second-order valence-electron chi connectivity index (χ2n) is 4.61. The molecule has 0 spiro atoms. The van der Waals surface area contributed by atoms with Crippen LogP contribution in [0.25, 0.3) is 0 Å². The molecule has 3 nitrogen and oxygen atoms in total. The molecular formula is C14H15BrN2O. The van der Waals surface area contributed by atoms with E-state index in [1.165, 1.54) is 12.8 Å². The van der Waals surface area contributed by atoms with Crippen molar-refractivity contribution < 1.29 is 4.79 Å². The van der Waals surface area contributed by atoms with Crippen LogP contribution in [-0.4, -0.2) is 23.9 Å². The van der Waals surface area contributed by atoms with E-state index in [9.17, 15) is 4.79 Å². The zero-order valence-electron chi connectivity index (χ0n) is 10.1. The summed E-state index contributed by atoms with van der Waals surface area (Å²) in [6.45, 7) is 1.32. The number of halogens is 1. The van der Waals surface area contributed by atoms with E-state index < -0.39 is 0 Å². The van der Waals surface area contributed by atoms with Gasteiger partial charge in [-0.3, -0.25) is 4.79 Å². The highest BCUT2D eigenvalue weighted by Gasteiger charge is 2.26. The number of hydrogen-bond donors (Lipinski definition) is 0. The van der Waals surface area contributed by atoms with E-state index in [-0.39, 0.29) is 5.91 Å². The fourth-order valence-electron chi connectivity index (χ4n) is 1.85. The van der Waals surface area contributed by atoms with Crippen LogP contribution in [0.4, 0.5) is 0 Å². The number of hydrogen-bond acceptors (Lipinski definition) is 2. The summed E-state index contributed by atoms with van der Waals surface area (Å²) in [4.78, 5) is 14.1. The number of amides is 1. The molecule has 1 fully saturated rings. The van der Waals surface area contributed by atoms with Crippen LogP contribution in [0.2, 0.25) is 0 Å². The van der Waals surface area contributed by atoms with Crippen LogP contribution in [0.15, 0.2) is 28.7 Å². The molecule has 0 N–H and O–H groups in total. The van der Waals surface area contributed by atoms with Crippen molar-refractivity contribution in [3.63, 3.8) is 0 Å². The third-order valence-electron chi connectivity index (χ3n) is 3.05. The molecule has 1 aromatic carbocycles. The lowest BCUT2D eigenvalue weighted by Gasteiger charge is -2.21. The van der Waals surface area contributed by atoms with Gasteiger partial charge >= 0.3 is 0 Å². The average molecular weight is 307 g/mol. The minimum absolute atomic E-state index is 0.0321. The lowest BCUT2D eigenvalue weighted by Crippen LogP contribution is -2.33. The molecule has 1 aliphatic carbocycles. The maximum atomic E-state index is 12.3. The molecule has 0 radical (unpaired) electrons. The average Bonchev–Trinajstić information content (AvgIpc) is 3.18. The maximum absolute atomic E-state index is 12.3. The van der Waals surface area contributed by atoms with E-state index in [0.717, 1.165) is 11.0 Å². The molecule has 2 rings (SSSR count). The Morgan fingerprint density at radius 3 is 2.61 bits per heavy atom. The number of nitrogens with zero attached hydrogens (tertiary/aromatic N) is 2. The molecule has 0 saturated heterocycles. The SMILES string of the molecule is N#CCCN(CC1CC1)C(=O)c1ccc(Br)cc1. The van der Waals surface area contributed by atoms with Crippen molar-refractivity contribution >= 4 is 21.8 Å². The second-order valence-corrected chi connectivity index (χ2v) is 5.53. The fraction of sp³-hybridized carbons (Fsp3) is 0.429. The molecule has 0 heterocycles. The van der Waals surface area contributed by atoms with E-state index in [4.69, 9.17) is 5.26 Å². The van der Waals surface area contributed by atoms with E-state index in [1.54, 1.807) is 0 Å². The largest absolute Gasteiger partial charge is 0.337 e. The van der Waals surface area contributed by atoms with Crippen molar-refractivity contribution in [1.82, 2.24) is 4.90 Å². The fourth-order valence-corrected chi connectivity index (χ4v) is 2.11. The molecule has 1 saturated carbocycles. The lowest BCUT2D eigenvalue weighted by atomic mass is 10.2. The minimum atomic E-state index is 0.0321. The Bertz CT molecular complexity index is 460. The van der Waals surface area contributed by atoms with E-state index in [1.807, 2.05) is 29.2 Å². The summed E-state index contributed by atoms with van der Waals surface area (Å²) in [5.74, 6) is 0.674. The second kappa shape index (κ2) is 6.01. The highest BCUT2D eigenvalue weighted by atomic mass is 79.9. The summed E-state index contributed by atoms with van der Waals surface area (Å²) >= 11 is 3.36. The Balaban J connectivity index is 2.05. The summed E-state index contributed by atoms with van der Waals surface area (Å²) < 4.78 is 0.963. The molecule has 0 aromatic heterocycles. The Kier molecular flexibility index (Phi) is 4.38. The van der Waals surface area contributed by atoms with Gasteiger partial charge in [0.05, 0.1) is 12.5 Å². The monoisotopic (exact) mass is 306 g/mol. The van der Waals surface area contributed by atoms with Gasteiger partial charge in [0.25, 0.3) is 5.91 Å². The third-order valence-corrected chi connectivity index (χ3v) is 3.58. The Morgan fingerprint density at radius 2 is 2.06 bits per heavy atom. The van der Waals surface area contributed by atoms with Gasteiger partial charge in [0, 0.05) is 23.1 Å². The zero-order valence-corrected chi connectivity index (χ0v) is 11.7. The topological polar surface area (TPSA) is 44.1 Å². The van der Waals surface area contributed by atoms with E-state index >= 15 is 0 Å². The molecule has 1 aromatic rings. The highest BCUT2D eigenvalue weighted by molar-refractivity contribution is 9.10. The number of nitriles is 1. The quantitative estimate of drug-likeness (QED) is 0.838. The zero-order chi connectivity index (χ0) is 13.0. The van der Waals surface area contributed by atoms with Gasteiger partial charge in [-0.1, -0.05) is 15.9 Å². The van der Waals surface area contributed by atoms with Crippen LogP contribution in [0.5, 0.6) is 0 Å². The van der Waals surface area contributed by atoms with E-state index in [0.29, 0.717) is 24.4 Å². The van der Waals surface area contributed by atoms with Crippen LogP contribution < -0.4 is 0 Å². The smallest absolute Gasteiger partial charge is 0.253 e. The number of carbonyl (C=O) groups is 1. The number of benzene rings is 1. The molecule has 0 bridgehead atoms. The third kappa shape index (κ3) is 3.58. The van der Waals surface area contributed by atoms with Crippen LogP contribution >= 0.6 is 15.9 Å². The van der Waals surface area contributed by atoms with Crippen molar-refractivity contribution in [2.75, 3.05) is 13.1 Å². The first-order valence-corrected chi connectivity index (χ1v) is 6.92. The van der Waals surface area contributed by atoms with Crippen molar-refractivity contribution in [1.29, 1.82) is 5.26 Å². The lowest BCUT2D eigenvalue weighted by molar-refractivity contribution is 0.0751. The van der Waals surface area contributed by atoms with Crippen LogP contribution in [-0.2, 0) is 0 Å². The first kappa shape index (κ1) is 13.1. The van der Waals surface area contributed by atoms with Crippen molar-refractivity contribution in [2.24, 2.45) is 5.92 Å². The number of carbonyl (C=O) groups excluding carboxylic acids is 1. The maximum Gasteiger partial charge on any atom is 0.253 e. The van der Waals surface area contributed by atoms with Gasteiger partial charge in [-0.25, -0.2) is 0 Å². The molecule has 1 aliphatic rings. The molecule has 18 heavy (non-hydrogen) atoms. The first-order valence-electron chi connectivity index (χ1n) is 6.12. The van der Waals surface area contributed by atoms with Gasteiger partial charge in [0.1, 0.15) is 0 Å². The highest BCUT2D eigenvalue weighted by Crippen LogP contribution is 2.30.